The zero-order valence-electron chi connectivity index (χ0n) is 9.88. The number of nitrogens with zero attached hydrogens (tertiary/aromatic N) is 2. The van der Waals surface area contributed by atoms with E-state index in [0.29, 0.717) is 16.1 Å². The topological polar surface area (TPSA) is 42.9 Å². The van der Waals surface area contributed by atoms with E-state index in [1.165, 1.54) is 0 Å². The summed E-state index contributed by atoms with van der Waals surface area (Å²) >= 11 is 6.26. The van der Waals surface area contributed by atoms with Gasteiger partial charge in [-0.1, -0.05) is 60.1 Å². The lowest BCUT2D eigenvalue weighted by Gasteiger charge is -2.04. The largest absolute Gasteiger partial charge is 0.287 e. The van der Waals surface area contributed by atoms with Crippen molar-refractivity contribution in [3.05, 3.63) is 70.9 Å². The van der Waals surface area contributed by atoms with Gasteiger partial charge in [0.05, 0.1) is 10.5 Å². The lowest BCUT2D eigenvalue weighted by atomic mass is 10.1. The number of rotatable bonds is 2. The summed E-state index contributed by atoms with van der Waals surface area (Å²) in [5, 5.41) is 9.07. The molecule has 0 amide bonds. The molecule has 19 heavy (non-hydrogen) atoms. The van der Waals surface area contributed by atoms with Crippen LogP contribution in [0, 0.1) is 0 Å². The van der Waals surface area contributed by atoms with Crippen molar-refractivity contribution in [3.8, 4) is 0 Å². The molecule has 1 aromatic heterocycles. The van der Waals surface area contributed by atoms with Gasteiger partial charge in [-0.15, -0.1) is 10.2 Å². The van der Waals surface area contributed by atoms with Gasteiger partial charge in [0.25, 0.3) is 0 Å². The Bertz CT molecular complexity index is 756. The minimum atomic E-state index is -0.219. The molecule has 0 radical (unpaired) electrons. The van der Waals surface area contributed by atoms with E-state index in [4.69, 9.17) is 11.6 Å². The number of halogens is 1. The fourth-order valence-electron chi connectivity index (χ4n) is 1.89. The van der Waals surface area contributed by atoms with Crippen molar-refractivity contribution in [1.29, 1.82) is 0 Å². The molecule has 0 spiro atoms. The highest BCUT2D eigenvalue weighted by atomic mass is 35.5. The number of aromatic nitrogens is 2. The average Bonchev–Trinajstić information content (AvgIpc) is 2.48. The number of hydrogen-bond donors (Lipinski definition) is 0. The predicted molar refractivity (Wildman–Crippen MR) is 74.4 cm³/mol. The summed E-state index contributed by atoms with van der Waals surface area (Å²) < 4.78 is 0. The number of fused-ring (bicyclic) bond motifs is 1. The summed E-state index contributed by atoms with van der Waals surface area (Å²) in [6.07, 6.45) is 0. The highest BCUT2D eigenvalue weighted by molar-refractivity contribution is 6.38. The Balaban J connectivity index is 2.16. The molecule has 0 unspecified atom stereocenters. The van der Waals surface area contributed by atoms with Crippen LogP contribution < -0.4 is 0 Å². The van der Waals surface area contributed by atoms with Crippen molar-refractivity contribution >= 4 is 28.3 Å². The maximum absolute atomic E-state index is 12.3. The monoisotopic (exact) mass is 268 g/mol. The summed E-state index contributed by atoms with van der Waals surface area (Å²) in [6, 6.07) is 16.3. The van der Waals surface area contributed by atoms with E-state index in [-0.39, 0.29) is 11.5 Å². The zero-order chi connectivity index (χ0) is 13.2. The van der Waals surface area contributed by atoms with Gasteiger partial charge in [0.2, 0.25) is 5.78 Å². The molecule has 3 nitrogen and oxygen atoms in total. The molecule has 0 saturated heterocycles. The molecule has 1 heterocycles. The summed E-state index contributed by atoms with van der Waals surface area (Å²) in [6.45, 7) is 0. The number of ketones is 1. The van der Waals surface area contributed by atoms with Crippen molar-refractivity contribution < 1.29 is 4.79 Å². The van der Waals surface area contributed by atoms with Crippen molar-refractivity contribution in [3.63, 3.8) is 0 Å². The van der Waals surface area contributed by atoms with Crippen molar-refractivity contribution in [2.24, 2.45) is 0 Å². The molecule has 92 valence electrons. The molecular formula is C15H9ClN2O. The number of benzene rings is 2. The van der Waals surface area contributed by atoms with Crippen LogP contribution in [0.4, 0.5) is 0 Å². The van der Waals surface area contributed by atoms with Gasteiger partial charge in [-0.25, -0.2) is 0 Å². The van der Waals surface area contributed by atoms with E-state index >= 15 is 0 Å². The predicted octanol–water partition coefficient (Wildman–Crippen LogP) is 3.51. The van der Waals surface area contributed by atoms with E-state index in [1.807, 2.05) is 30.3 Å². The zero-order valence-corrected chi connectivity index (χ0v) is 10.6. The molecule has 3 rings (SSSR count). The summed E-state index contributed by atoms with van der Waals surface area (Å²) in [4.78, 5) is 12.3. The Morgan fingerprint density at radius 2 is 1.58 bits per heavy atom. The van der Waals surface area contributed by atoms with E-state index in [0.717, 1.165) is 5.39 Å². The fraction of sp³-hybridized carbons (Fsp3) is 0. The fourth-order valence-corrected chi connectivity index (χ4v) is 2.18. The van der Waals surface area contributed by atoms with Crippen LogP contribution in [-0.2, 0) is 0 Å². The smallest absolute Gasteiger partial charge is 0.214 e. The third-order valence-electron chi connectivity index (χ3n) is 2.86. The van der Waals surface area contributed by atoms with E-state index < -0.39 is 0 Å². The van der Waals surface area contributed by atoms with Crippen LogP contribution in [0.1, 0.15) is 16.1 Å². The van der Waals surface area contributed by atoms with Crippen molar-refractivity contribution in [1.82, 2.24) is 10.2 Å². The molecule has 2 aromatic carbocycles. The third-order valence-corrected chi connectivity index (χ3v) is 3.24. The summed E-state index contributed by atoms with van der Waals surface area (Å²) in [7, 11) is 0. The van der Waals surface area contributed by atoms with E-state index in [9.17, 15) is 4.79 Å². The maximum atomic E-state index is 12.3. The van der Waals surface area contributed by atoms with Gasteiger partial charge in [-0.05, 0) is 6.07 Å². The molecule has 0 atom stereocenters. The van der Waals surface area contributed by atoms with Gasteiger partial charge >= 0.3 is 0 Å². The highest BCUT2D eigenvalue weighted by Gasteiger charge is 2.17. The van der Waals surface area contributed by atoms with E-state index in [2.05, 4.69) is 10.2 Å². The van der Waals surface area contributed by atoms with Gasteiger partial charge in [0, 0.05) is 10.9 Å². The molecule has 4 heteroatoms. The SMILES string of the molecule is O=C(c1ccccc1)c1nnc2ccccc2c1Cl. The second-order valence-electron chi connectivity index (χ2n) is 4.07. The molecule has 0 N–H and O–H groups in total. The Kier molecular flexibility index (Phi) is 2.97. The van der Waals surface area contributed by atoms with Crippen molar-refractivity contribution in [2.75, 3.05) is 0 Å². The number of carbonyl (C=O) groups is 1. The first-order chi connectivity index (χ1) is 9.27. The summed E-state index contributed by atoms with van der Waals surface area (Å²) in [5.41, 5.74) is 1.41. The van der Waals surface area contributed by atoms with Crippen LogP contribution in [0.25, 0.3) is 10.9 Å². The molecule has 0 bridgehead atoms. The molecule has 0 fully saturated rings. The molecule has 3 aromatic rings. The standard InChI is InChI=1S/C15H9ClN2O/c16-13-11-8-4-5-9-12(11)17-18-14(13)15(19)10-6-2-1-3-7-10/h1-9H. The Hall–Kier alpha value is -2.26. The van der Waals surface area contributed by atoms with Crippen molar-refractivity contribution in [2.45, 2.75) is 0 Å². The quantitative estimate of drug-likeness (QED) is 0.668. The lowest BCUT2D eigenvalue weighted by Crippen LogP contribution is -2.06. The minimum absolute atomic E-state index is 0.187. The van der Waals surface area contributed by atoms with Gasteiger partial charge in [-0.3, -0.25) is 4.79 Å². The second kappa shape index (κ2) is 4.78. The van der Waals surface area contributed by atoms with Crippen LogP contribution in [-0.4, -0.2) is 16.0 Å². The molecule has 0 aliphatic rings. The number of hydrogen-bond acceptors (Lipinski definition) is 3. The van der Waals surface area contributed by atoms with Crippen LogP contribution in [0.5, 0.6) is 0 Å². The van der Waals surface area contributed by atoms with E-state index in [1.54, 1.807) is 24.3 Å². The normalized spacial score (nSPS) is 10.6. The Labute approximate surface area is 114 Å². The molecule has 0 aliphatic carbocycles. The van der Waals surface area contributed by atoms with Gasteiger partial charge < -0.3 is 0 Å². The highest BCUT2D eigenvalue weighted by Crippen LogP contribution is 2.25. The third kappa shape index (κ3) is 2.09. The lowest BCUT2D eigenvalue weighted by molar-refractivity contribution is 0.103. The summed E-state index contributed by atoms with van der Waals surface area (Å²) in [5.74, 6) is -0.219. The van der Waals surface area contributed by atoms with Gasteiger partial charge in [-0.2, -0.15) is 0 Å². The Morgan fingerprint density at radius 1 is 0.895 bits per heavy atom. The molecule has 0 saturated carbocycles. The number of carbonyl (C=O) groups excluding carboxylic acids is 1. The first kappa shape index (κ1) is 11.8. The van der Waals surface area contributed by atoms with Gasteiger partial charge in [0.1, 0.15) is 0 Å². The van der Waals surface area contributed by atoms with Crippen LogP contribution in [0.3, 0.4) is 0 Å². The first-order valence-corrected chi connectivity index (χ1v) is 6.16. The Morgan fingerprint density at radius 3 is 2.37 bits per heavy atom. The van der Waals surface area contributed by atoms with Gasteiger partial charge in [0.15, 0.2) is 5.69 Å². The average molecular weight is 269 g/mol. The maximum Gasteiger partial charge on any atom is 0.214 e. The minimum Gasteiger partial charge on any atom is -0.287 e. The van der Waals surface area contributed by atoms with Crippen LogP contribution in [0.15, 0.2) is 54.6 Å². The molecule has 0 aliphatic heterocycles. The first-order valence-electron chi connectivity index (χ1n) is 5.78. The van der Waals surface area contributed by atoms with Crippen LogP contribution in [0.2, 0.25) is 5.02 Å². The van der Waals surface area contributed by atoms with Crippen LogP contribution >= 0.6 is 11.6 Å². The second-order valence-corrected chi connectivity index (χ2v) is 4.45. The molecular weight excluding hydrogens is 260 g/mol.